The molecule has 1 aliphatic carbocycles. The molecular formula is C11H9FO3S. The molecule has 16 heavy (non-hydrogen) atoms. The lowest BCUT2D eigenvalue weighted by molar-refractivity contribution is 0.438. The molecule has 0 spiro atoms. The SMILES string of the molecule is O=S(=O)(F)Oc1cccc2c1=CC=CCC=2. The highest BCUT2D eigenvalue weighted by Crippen LogP contribution is 2.06. The molecular weight excluding hydrogens is 231 g/mol. The van der Waals surface area contributed by atoms with Crippen molar-refractivity contribution in [3.05, 3.63) is 40.8 Å². The number of halogens is 1. The van der Waals surface area contributed by atoms with Crippen molar-refractivity contribution in [2.24, 2.45) is 0 Å². The topological polar surface area (TPSA) is 43.4 Å². The molecule has 0 aliphatic heterocycles. The standard InChI is InChI=1S/C11H9FO3S/c12-16(13,14)15-11-8-4-6-9-5-2-1-3-7-10(9)11/h1,3-8H,2H2. The monoisotopic (exact) mass is 240 g/mol. The van der Waals surface area contributed by atoms with Crippen molar-refractivity contribution in [3.63, 3.8) is 0 Å². The molecule has 0 atom stereocenters. The van der Waals surface area contributed by atoms with Gasteiger partial charge in [-0.1, -0.05) is 40.3 Å². The van der Waals surface area contributed by atoms with Crippen LogP contribution in [0.2, 0.25) is 0 Å². The van der Waals surface area contributed by atoms with E-state index < -0.39 is 10.5 Å². The Hall–Kier alpha value is -1.62. The molecule has 1 aromatic carbocycles. The third-order valence-electron chi connectivity index (χ3n) is 2.16. The van der Waals surface area contributed by atoms with Crippen LogP contribution in [-0.2, 0) is 10.5 Å². The first-order valence-electron chi connectivity index (χ1n) is 4.66. The van der Waals surface area contributed by atoms with Gasteiger partial charge in [-0.15, -0.1) is 0 Å². The molecule has 2 rings (SSSR count). The molecule has 1 aliphatic rings. The van der Waals surface area contributed by atoms with Gasteiger partial charge in [0.05, 0.1) is 0 Å². The van der Waals surface area contributed by atoms with Crippen molar-refractivity contribution >= 4 is 22.7 Å². The van der Waals surface area contributed by atoms with Crippen molar-refractivity contribution in [2.45, 2.75) is 6.42 Å². The van der Waals surface area contributed by atoms with Crippen LogP contribution in [-0.4, -0.2) is 8.42 Å². The van der Waals surface area contributed by atoms with Gasteiger partial charge in [-0.05, 0) is 17.7 Å². The summed E-state index contributed by atoms with van der Waals surface area (Å²) >= 11 is 0. The maximum Gasteiger partial charge on any atom is 0.488 e. The summed E-state index contributed by atoms with van der Waals surface area (Å²) in [4.78, 5) is 0. The molecule has 3 nitrogen and oxygen atoms in total. The molecule has 0 saturated carbocycles. The molecule has 0 aromatic heterocycles. The predicted octanol–water partition coefficient (Wildman–Crippen LogP) is 0.801. The van der Waals surface area contributed by atoms with Crippen molar-refractivity contribution in [1.29, 1.82) is 0 Å². The molecule has 84 valence electrons. The van der Waals surface area contributed by atoms with Crippen molar-refractivity contribution in [3.8, 4) is 5.75 Å². The zero-order valence-electron chi connectivity index (χ0n) is 8.26. The second-order valence-electron chi connectivity index (χ2n) is 3.27. The number of fused-ring (bicyclic) bond motifs is 1. The normalized spacial score (nSPS) is 14.3. The number of benzene rings is 1. The van der Waals surface area contributed by atoms with E-state index in [0.29, 0.717) is 5.22 Å². The average Bonchev–Trinajstić information content (AvgIpc) is 2.41. The van der Waals surface area contributed by atoms with Crippen LogP contribution in [0.3, 0.4) is 0 Å². The highest BCUT2D eigenvalue weighted by atomic mass is 32.3. The Labute approximate surface area is 92.6 Å². The van der Waals surface area contributed by atoms with Gasteiger partial charge in [-0.3, -0.25) is 0 Å². The molecule has 0 radical (unpaired) electrons. The lowest BCUT2D eigenvalue weighted by Crippen LogP contribution is -2.26. The van der Waals surface area contributed by atoms with E-state index in [1.807, 2.05) is 18.2 Å². The molecule has 0 bridgehead atoms. The lowest BCUT2D eigenvalue weighted by Gasteiger charge is -2.01. The first-order valence-corrected chi connectivity index (χ1v) is 5.97. The van der Waals surface area contributed by atoms with E-state index in [-0.39, 0.29) is 5.75 Å². The summed E-state index contributed by atoms with van der Waals surface area (Å²) in [6.07, 6.45) is 8.04. The molecule has 0 fully saturated rings. The third kappa shape index (κ3) is 2.49. The van der Waals surface area contributed by atoms with E-state index >= 15 is 0 Å². The summed E-state index contributed by atoms with van der Waals surface area (Å²) in [6.45, 7) is 0. The molecule has 1 aromatic rings. The summed E-state index contributed by atoms with van der Waals surface area (Å²) in [5, 5.41) is 1.39. The Bertz CT molecular complexity index is 644. The summed E-state index contributed by atoms with van der Waals surface area (Å²) in [5.74, 6) is 0.00259. The fourth-order valence-corrected chi connectivity index (χ4v) is 1.89. The van der Waals surface area contributed by atoms with Crippen LogP contribution in [0.1, 0.15) is 6.42 Å². The van der Waals surface area contributed by atoms with Gasteiger partial charge >= 0.3 is 10.5 Å². The van der Waals surface area contributed by atoms with E-state index in [9.17, 15) is 12.3 Å². The zero-order valence-corrected chi connectivity index (χ0v) is 9.08. The Balaban J connectivity index is 2.65. The Morgan fingerprint density at radius 3 is 2.88 bits per heavy atom. The Morgan fingerprint density at radius 2 is 2.12 bits per heavy atom. The van der Waals surface area contributed by atoms with Crippen molar-refractivity contribution in [2.75, 3.05) is 0 Å². The Kier molecular flexibility index (Phi) is 2.78. The van der Waals surface area contributed by atoms with E-state index in [1.54, 1.807) is 18.2 Å². The number of allylic oxidation sites excluding steroid dienone is 2. The second kappa shape index (κ2) is 4.09. The van der Waals surface area contributed by atoms with Crippen LogP contribution in [0.5, 0.6) is 5.75 Å². The quantitative estimate of drug-likeness (QED) is 0.718. The summed E-state index contributed by atoms with van der Waals surface area (Å²) < 4.78 is 37.6. The van der Waals surface area contributed by atoms with Gasteiger partial charge in [0.25, 0.3) is 0 Å². The molecule has 0 saturated heterocycles. The number of hydrogen-bond donors (Lipinski definition) is 0. The van der Waals surface area contributed by atoms with Crippen LogP contribution < -0.4 is 14.6 Å². The van der Waals surface area contributed by atoms with Crippen LogP contribution in [0.25, 0.3) is 12.2 Å². The predicted molar refractivity (Wildman–Crippen MR) is 59.0 cm³/mol. The van der Waals surface area contributed by atoms with Gasteiger partial charge in [0.15, 0.2) is 5.75 Å². The molecule has 0 N–H and O–H groups in total. The number of rotatable bonds is 2. The minimum atomic E-state index is -4.98. The van der Waals surface area contributed by atoms with Crippen LogP contribution in [0.15, 0.2) is 30.4 Å². The Morgan fingerprint density at radius 1 is 1.31 bits per heavy atom. The van der Waals surface area contributed by atoms with Gasteiger partial charge in [0, 0.05) is 5.22 Å². The minimum Gasteiger partial charge on any atom is -0.358 e. The fraction of sp³-hybridized carbons (Fsp3) is 0.0909. The highest BCUT2D eigenvalue weighted by molar-refractivity contribution is 7.81. The first-order chi connectivity index (χ1) is 7.56. The van der Waals surface area contributed by atoms with Gasteiger partial charge in [-0.25, -0.2) is 0 Å². The number of hydrogen-bond acceptors (Lipinski definition) is 3. The van der Waals surface area contributed by atoms with E-state index in [4.69, 9.17) is 0 Å². The zero-order chi connectivity index (χ0) is 11.6. The summed E-state index contributed by atoms with van der Waals surface area (Å²) in [6, 6.07) is 4.85. The third-order valence-corrected chi connectivity index (χ3v) is 2.54. The van der Waals surface area contributed by atoms with Crippen molar-refractivity contribution < 1.29 is 16.5 Å². The maximum atomic E-state index is 12.5. The maximum absolute atomic E-state index is 12.5. The minimum absolute atomic E-state index is 0.00259. The smallest absolute Gasteiger partial charge is 0.358 e. The highest BCUT2D eigenvalue weighted by Gasteiger charge is 2.10. The molecule has 0 heterocycles. The largest absolute Gasteiger partial charge is 0.488 e. The van der Waals surface area contributed by atoms with Crippen molar-refractivity contribution in [1.82, 2.24) is 0 Å². The van der Waals surface area contributed by atoms with Gasteiger partial charge < -0.3 is 4.18 Å². The van der Waals surface area contributed by atoms with Crippen LogP contribution in [0, 0.1) is 0 Å². The van der Waals surface area contributed by atoms with Gasteiger partial charge in [0.1, 0.15) is 0 Å². The fourth-order valence-electron chi connectivity index (χ4n) is 1.54. The van der Waals surface area contributed by atoms with Crippen LogP contribution in [0.4, 0.5) is 3.89 Å². The summed E-state index contributed by atoms with van der Waals surface area (Å²) in [7, 11) is -4.98. The van der Waals surface area contributed by atoms with E-state index in [2.05, 4.69) is 4.18 Å². The second-order valence-corrected chi connectivity index (χ2v) is 4.22. The van der Waals surface area contributed by atoms with Crippen LogP contribution >= 0.6 is 0 Å². The first kappa shape index (κ1) is 10.9. The molecule has 0 amide bonds. The molecule has 0 unspecified atom stereocenters. The van der Waals surface area contributed by atoms with E-state index in [0.717, 1.165) is 11.6 Å². The molecule has 5 heteroatoms. The van der Waals surface area contributed by atoms with Gasteiger partial charge in [-0.2, -0.15) is 8.42 Å². The van der Waals surface area contributed by atoms with E-state index in [1.165, 1.54) is 6.07 Å². The average molecular weight is 240 g/mol. The lowest BCUT2D eigenvalue weighted by atomic mass is 10.2. The van der Waals surface area contributed by atoms with Gasteiger partial charge in [0.2, 0.25) is 0 Å². The summed E-state index contributed by atoms with van der Waals surface area (Å²) in [5.41, 5.74) is 0.